The summed E-state index contributed by atoms with van der Waals surface area (Å²) in [5.74, 6) is -0.721. The number of benzene rings is 2. The Balaban J connectivity index is 2.27. The molecule has 2 aromatic carbocycles. The third-order valence-electron chi connectivity index (χ3n) is 2.94. The summed E-state index contributed by atoms with van der Waals surface area (Å²) in [5.41, 5.74) is 7.74. The lowest BCUT2D eigenvalue weighted by Gasteiger charge is -2.09. The molecule has 2 aromatic rings. The Labute approximate surface area is 122 Å². The van der Waals surface area contributed by atoms with Gasteiger partial charge in [-0.2, -0.15) is 0 Å². The number of esters is 1. The molecular formula is C16H16N2O3. The number of hydrogen-bond acceptors (Lipinski definition) is 4. The van der Waals surface area contributed by atoms with E-state index in [9.17, 15) is 9.59 Å². The first-order chi connectivity index (χ1) is 10.1. The van der Waals surface area contributed by atoms with Crippen molar-refractivity contribution < 1.29 is 14.3 Å². The van der Waals surface area contributed by atoms with Gasteiger partial charge in [-0.1, -0.05) is 18.2 Å². The number of rotatable bonds is 4. The summed E-state index contributed by atoms with van der Waals surface area (Å²) in [6, 6.07) is 13.8. The van der Waals surface area contributed by atoms with Gasteiger partial charge in [-0.3, -0.25) is 4.79 Å². The maximum atomic E-state index is 12.1. The Kier molecular flexibility index (Phi) is 4.68. The largest absolute Gasteiger partial charge is 0.465 e. The molecule has 0 aliphatic rings. The lowest BCUT2D eigenvalue weighted by Crippen LogP contribution is -2.13. The van der Waals surface area contributed by atoms with Crippen LogP contribution in [0.25, 0.3) is 0 Å². The molecule has 0 fully saturated rings. The molecule has 1 amide bonds. The van der Waals surface area contributed by atoms with Crippen molar-refractivity contribution in [1.82, 2.24) is 0 Å². The van der Waals surface area contributed by atoms with E-state index in [-0.39, 0.29) is 12.5 Å². The molecule has 21 heavy (non-hydrogen) atoms. The summed E-state index contributed by atoms with van der Waals surface area (Å²) in [7, 11) is 1.31. The molecule has 0 atom stereocenters. The second-order valence-electron chi connectivity index (χ2n) is 4.43. The number of methoxy groups -OCH3 is 1. The highest BCUT2D eigenvalue weighted by molar-refractivity contribution is 6.04. The average molecular weight is 284 g/mol. The zero-order valence-electron chi connectivity index (χ0n) is 11.6. The lowest BCUT2D eigenvalue weighted by atomic mass is 10.1. The molecule has 0 saturated heterocycles. The molecule has 5 heteroatoms. The van der Waals surface area contributed by atoms with Crippen LogP contribution < -0.4 is 11.1 Å². The van der Waals surface area contributed by atoms with Gasteiger partial charge < -0.3 is 15.8 Å². The second-order valence-corrected chi connectivity index (χ2v) is 4.43. The van der Waals surface area contributed by atoms with Crippen LogP contribution in [0.1, 0.15) is 26.3 Å². The molecule has 0 radical (unpaired) electrons. The van der Waals surface area contributed by atoms with Crippen LogP contribution in [0.2, 0.25) is 0 Å². The number of amides is 1. The summed E-state index contributed by atoms with van der Waals surface area (Å²) in [6.45, 7) is 0.263. The van der Waals surface area contributed by atoms with Gasteiger partial charge in [0.05, 0.1) is 12.7 Å². The van der Waals surface area contributed by atoms with Crippen LogP contribution in [0.4, 0.5) is 5.69 Å². The molecule has 3 N–H and O–H groups in total. The summed E-state index contributed by atoms with van der Waals surface area (Å²) in [4.78, 5) is 23.7. The molecule has 0 aliphatic carbocycles. The highest BCUT2D eigenvalue weighted by Crippen LogP contribution is 2.17. The summed E-state index contributed by atoms with van der Waals surface area (Å²) >= 11 is 0. The maximum Gasteiger partial charge on any atom is 0.337 e. The van der Waals surface area contributed by atoms with Crippen molar-refractivity contribution in [3.8, 4) is 0 Å². The molecule has 108 valence electrons. The van der Waals surface area contributed by atoms with Gasteiger partial charge in [0.1, 0.15) is 0 Å². The van der Waals surface area contributed by atoms with E-state index in [0.29, 0.717) is 16.8 Å². The number of nitrogens with two attached hydrogens (primary N) is 1. The molecule has 0 spiro atoms. The first-order valence-corrected chi connectivity index (χ1v) is 6.43. The van der Waals surface area contributed by atoms with Crippen LogP contribution in [0, 0.1) is 0 Å². The average Bonchev–Trinajstić information content (AvgIpc) is 2.54. The fraction of sp³-hybridized carbons (Fsp3) is 0.125. The van der Waals surface area contributed by atoms with Crippen molar-refractivity contribution in [3.63, 3.8) is 0 Å². The minimum atomic E-state index is -0.472. The Morgan fingerprint density at radius 3 is 2.43 bits per heavy atom. The molecule has 2 rings (SSSR count). The van der Waals surface area contributed by atoms with Crippen LogP contribution in [-0.2, 0) is 11.3 Å². The lowest BCUT2D eigenvalue weighted by molar-refractivity contribution is 0.0600. The molecule has 0 bridgehead atoms. The van der Waals surface area contributed by atoms with Crippen molar-refractivity contribution in [1.29, 1.82) is 0 Å². The Hall–Kier alpha value is -2.66. The van der Waals surface area contributed by atoms with E-state index in [1.807, 2.05) is 6.07 Å². The van der Waals surface area contributed by atoms with Crippen LogP contribution >= 0.6 is 0 Å². The third-order valence-corrected chi connectivity index (χ3v) is 2.94. The van der Waals surface area contributed by atoms with Gasteiger partial charge in [-0.25, -0.2) is 4.79 Å². The van der Waals surface area contributed by atoms with Crippen molar-refractivity contribution in [3.05, 3.63) is 65.2 Å². The fourth-order valence-electron chi connectivity index (χ4n) is 1.91. The van der Waals surface area contributed by atoms with E-state index >= 15 is 0 Å². The van der Waals surface area contributed by atoms with Crippen LogP contribution in [-0.4, -0.2) is 19.0 Å². The normalized spacial score (nSPS) is 10.0. The van der Waals surface area contributed by atoms with E-state index in [4.69, 9.17) is 5.73 Å². The quantitative estimate of drug-likeness (QED) is 0.843. The number of ether oxygens (including phenoxy) is 1. The Morgan fingerprint density at radius 2 is 1.81 bits per heavy atom. The number of carbonyl (C=O) groups is 2. The monoisotopic (exact) mass is 284 g/mol. The molecular weight excluding hydrogens is 268 g/mol. The summed E-state index contributed by atoms with van der Waals surface area (Å²) < 4.78 is 4.69. The molecule has 0 saturated carbocycles. The molecule has 5 nitrogen and oxygen atoms in total. The van der Waals surface area contributed by atoms with Gasteiger partial charge >= 0.3 is 5.97 Å². The van der Waals surface area contributed by atoms with E-state index in [1.165, 1.54) is 7.11 Å². The Bertz CT molecular complexity index is 654. The molecule has 0 unspecified atom stereocenters. The van der Waals surface area contributed by atoms with Gasteiger partial charge in [0.15, 0.2) is 0 Å². The molecule has 0 aromatic heterocycles. The van der Waals surface area contributed by atoms with E-state index < -0.39 is 5.97 Å². The van der Waals surface area contributed by atoms with Crippen molar-refractivity contribution in [2.45, 2.75) is 6.54 Å². The van der Waals surface area contributed by atoms with E-state index in [1.54, 1.807) is 42.5 Å². The predicted molar refractivity (Wildman–Crippen MR) is 80.1 cm³/mol. The smallest absolute Gasteiger partial charge is 0.337 e. The van der Waals surface area contributed by atoms with Crippen molar-refractivity contribution >= 4 is 17.6 Å². The zero-order valence-corrected chi connectivity index (χ0v) is 11.6. The van der Waals surface area contributed by atoms with E-state index in [0.717, 1.165) is 5.56 Å². The topological polar surface area (TPSA) is 81.4 Å². The van der Waals surface area contributed by atoms with Gasteiger partial charge in [-0.05, 0) is 35.9 Å². The second kappa shape index (κ2) is 6.67. The van der Waals surface area contributed by atoms with Crippen molar-refractivity contribution in [2.75, 3.05) is 12.4 Å². The SMILES string of the molecule is COC(=O)c1cc(CN)cc(NC(=O)c2ccccc2)c1. The zero-order chi connectivity index (χ0) is 15.2. The van der Waals surface area contributed by atoms with Crippen molar-refractivity contribution in [2.24, 2.45) is 5.73 Å². The summed E-state index contributed by atoms with van der Waals surface area (Å²) in [5, 5.41) is 2.75. The highest BCUT2D eigenvalue weighted by atomic mass is 16.5. The molecule has 0 aliphatic heterocycles. The first kappa shape index (κ1) is 14.7. The third kappa shape index (κ3) is 3.67. The van der Waals surface area contributed by atoms with Gasteiger partial charge in [0.25, 0.3) is 5.91 Å². The number of nitrogens with one attached hydrogen (secondary N) is 1. The predicted octanol–water partition coefficient (Wildman–Crippen LogP) is 2.18. The number of anilines is 1. The number of carbonyl (C=O) groups excluding carboxylic acids is 2. The van der Waals surface area contributed by atoms with Crippen LogP contribution in [0.5, 0.6) is 0 Å². The van der Waals surface area contributed by atoms with Crippen LogP contribution in [0.15, 0.2) is 48.5 Å². The number of hydrogen-bond donors (Lipinski definition) is 2. The van der Waals surface area contributed by atoms with E-state index in [2.05, 4.69) is 10.1 Å². The fourth-order valence-corrected chi connectivity index (χ4v) is 1.91. The highest BCUT2D eigenvalue weighted by Gasteiger charge is 2.11. The first-order valence-electron chi connectivity index (χ1n) is 6.43. The maximum absolute atomic E-state index is 12.1. The molecule has 0 heterocycles. The minimum absolute atomic E-state index is 0.249. The van der Waals surface area contributed by atoms with Gasteiger partial charge in [-0.15, -0.1) is 0 Å². The minimum Gasteiger partial charge on any atom is -0.465 e. The van der Waals surface area contributed by atoms with Crippen LogP contribution in [0.3, 0.4) is 0 Å². The van der Waals surface area contributed by atoms with Gasteiger partial charge in [0.2, 0.25) is 0 Å². The summed E-state index contributed by atoms with van der Waals surface area (Å²) in [6.07, 6.45) is 0. The Morgan fingerprint density at radius 1 is 1.10 bits per heavy atom. The standard InChI is InChI=1S/C16H16N2O3/c1-21-16(20)13-7-11(10-17)8-14(9-13)18-15(19)12-5-3-2-4-6-12/h2-9H,10,17H2,1H3,(H,18,19). The van der Waals surface area contributed by atoms with Gasteiger partial charge in [0, 0.05) is 17.8 Å².